The number of nitrogens with zero attached hydrogens (tertiary/aromatic N) is 3. The number of aromatic nitrogens is 1. The van der Waals surface area contributed by atoms with Gasteiger partial charge in [0.1, 0.15) is 12.1 Å². The van der Waals surface area contributed by atoms with E-state index in [9.17, 15) is 19.5 Å². The molecule has 0 saturated carbocycles. The van der Waals surface area contributed by atoms with Crippen molar-refractivity contribution in [1.29, 1.82) is 0 Å². The van der Waals surface area contributed by atoms with E-state index in [-0.39, 0.29) is 37.2 Å². The number of para-hydroxylation sites is 1. The monoisotopic (exact) mass is 557 g/mol. The summed E-state index contributed by atoms with van der Waals surface area (Å²) in [5.41, 5.74) is 2.42. The molecule has 3 N–H and O–H groups in total. The average Bonchev–Trinajstić information content (AvgIpc) is 3.41. The van der Waals surface area contributed by atoms with Crippen molar-refractivity contribution < 1.29 is 19.5 Å². The van der Waals surface area contributed by atoms with Crippen LogP contribution in [-0.4, -0.2) is 82.0 Å². The molecule has 0 aliphatic carbocycles. The van der Waals surface area contributed by atoms with Crippen molar-refractivity contribution in [2.45, 2.75) is 63.3 Å². The Morgan fingerprint density at radius 2 is 1.80 bits per heavy atom. The number of anilines is 1. The number of piperidine rings is 1. The molecule has 1 aromatic heterocycles. The van der Waals surface area contributed by atoms with Crippen molar-refractivity contribution in [1.82, 2.24) is 20.1 Å². The number of fused-ring (bicyclic) bond motifs is 1. The Kier molecular flexibility index (Phi) is 8.95. The first-order chi connectivity index (χ1) is 19.8. The SMILES string of the molecule is C[C@H]1CCN(C)[C@H](C(=O)N2C[C@H](NC(=O)[C@H](O)CCc3ccccc3)C[C@H]2C(=O)Nc2cnc3ccccc3c2)C1. The molecule has 2 fully saturated rings. The van der Waals surface area contributed by atoms with Crippen LogP contribution in [-0.2, 0) is 20.8 Å². The third kappa shape index (κ3) is 6.92. The quantitative estimate of drug-likeness (QED) is 0.392. The van der Waals surface area contributed by atoms with Gasteiger partial charge in [-0.2, -0.15) is 0 Å². The average molecular weight is 558 g/mol. The molecule has 3 heterocycles. The lowest BCUT2D eigenvalue weighted by Crippen LogP contribution is -2.54. The molecule has 3 amide bonds. The summed E-state index contributed by atoms with van der Waals surface area (Å²) in [6.07, 6.45) is 3.31. The molecule has 5 atom stereocenters. The van der Waals surface area contributed by atoms with Crippen molar-refractivity contribution in [2.75, 3.05) is 25.5 Å². The van der Waals surface area contributed by atoms with Crippen molar-refractivity contribution in [3.63, 3.8) is 0 Å². The number of rotatable bonds is 8. The Hall–Kier alpha value is -3.82. The lowest BCUT2D eigenvalue weighted by Gasteiger charge is -2.38. The minimum absolute atomic E-state index is 0.0998. The minimum atomic E-state index is -1.18. The number of hydrogen-bond donors (Lipinski definition) is 3. The van der Waals surface area contributed by atoms with Gasteiger partial charge >= 0.3 is 0 Å². The summed E-state index contributed by atoms with van der Waals surface area (Å²) in [6.45, 7) is 3.18. The first kappa shape index (κ1) is 28.7. The lowest BCUT2D eigenvalue weighted by atomic mass is 9.92. The van der Waals surface area contributed by atoms with Crippen LogP contribution in [0.1, 0.15) is 38.2 Å². The van der Waals surface area contributed by atoms with Crippen LogP contribution < -0.4 is 10.6 Å². The largest absolute Gasteiger partial charge is 0.383 e. The van der Waals surface area contributed by atoms with Crippen molar-refractivity contribution in [2.24, 2.45) is 5.92 Å². The summed E-state index contributed by atoms with van der Waals surface area (Å²) >= 11 is 0. The highest BCUT2D eigenvalue weighted by atomic mass is 16.3. The summed E-state index contributed by atoms with van der Waals surface area (Å²) in [5, 5.41) is 17.3. The maximum absolute atomic E-state index is 13.9. The van der Waals surface area contributed by atoms with Gasteiger partial charge in [0.2, 0.25) is 17.7 Å². The predicted molar refractivity (Wildman–Crippen MR) is 158 cm³/mol. The molecule has 5 rings (SSSR count). The van der Waals surface area contributed by atoms with E-state index in [2.05, 4.69) is 27.4 Å². The Labute approximate surface area is 240 Å². The summed E-state index contributed by atoms with van der Waals surface area (Å²) in [4.78, 5) is 48.5. The number of likely N-dealkylation sites (tertiary alicyclic amines) is 2. The highest BCUT2D eigenvalue weighted by Gasteiger charge is 2.44. The van der Waals surface area contributed by atoms with E-state index in [0.717, 1.165) is 35.9 Å². The fourth-order valence-electron chi connectivity index (χ4n) is 5.91. The number of carbonyl (C=O) groups is 3. The Bertz CT molecular complexity index is 1380. The number of hydrogen-bond acceptors (Lipinski definition) is 6. The molecule has 0 radical (unpaired) electrons. The number of amides is 3. The van der Waals surface area contributed by atoms with Gasteiger partial charge in [-0.05, 0) is 69.3 Å². The molecule has 2 aliphatic rings. The van der Waals surface area contributed by atoms with E-state index < -0.39 is 24.1 Å². The second-order valence-electron chi connectivity index (χ2n) is 11.5. The third-order valence-corrected chi connectivity index (χ3v) is 8.36. The van der Waals surface area contributed by atoms with E-state index in [0.29, 0.717) is 18.0 Å². The van der Waals surface area contributed by atoms with Gasteiger partial charge in [0, 0.05) is 18.0 Å². The highest BCUT2D eigenvalue weighted by molar-refractivity contribution is 5.99. The van der Waals surface area contributed by atoms with Crippen LogP contribution in [0, 0.1) is 5.92 Å². The maximum Gasteiger partial charge on any atom is 0.249 e. The van der Waals surface area contributed by atoms with E-state index in [1.165, 1.54) is 0 Å². The number of likely N-dealkylation sites (N-methyl/N-ethyl adjacent to an activating group) is 1. The zero-order chi connectivity index (χ0) is 28.9. The van der Waals surface area contributed by atoms with Crippen LogP contribution in [0.15, 0.2) is 66.9 Å². The molecule has 2 aliphatic heterocycles. The number of carbonyl (C=O) groups excluding carboxylic acids is 3. The molecule has 0 spiro atoms. The van der Waals surface area contributed by atoms with Gasteiger partial charge in [-0.15, -0.1) is 0 Å². The van der Waals surface area contributed by atoms with Gasteiger partial charge < -0.3 is 20.6 Å². The zero-order valence-corrected chi connectivity index (χ0v) is 23.7. The second-order valence-corrected chi connectivity index (χ2v) is 11.5. The Morgan fingerprint density at radius 3 is 2.61 bits per heavy atom. The summed E-state index contributed by atoms with van der Waals surface area (Å²) in [6, 6.07) is 17.7. The smallest absolute Gasteiger partial charge is 0.249 e. The van der Waals surface area contributed by atoms with Gasteiger partial charge in [0.05, 0.1) is 23.4 Å². The Balaban J connectivity index is 1.29. The first-order valence-corrected chi connectivity index (χ1v) is 14.5. The standard InChI is InChI=1S/C32H39N5O4/c1-21-14-15-36(2)28(16-21)32(41)37-20-25(35-31(40)29(38)13-12-22-8-4-3-5-9-22)18-27(37)30(39)34-24-17-23-10-6-7-11-26(23)33-19-24/h3-11,17,19,21,25,27-29,38H,12-16,18,20H2,1-2H3,(H,34,39)(H,35,40)/t21-,25+,27-,28-,29+/m0/s1. The van der Waals surface area contributed by atoms with E-state index in [1.54, 1.807) is 11.1 Å². The van der Waals surface area contributed by atoms with Crippen LogP contribution in [0.25, 0.3) is 10.9 Å². The van der Waals surface area contributed by atoms with Crippen LogP contribution in [0.3, 0.4) is 0 Å². The van der Waals surface area contributed by atoms with E-state index in [1.807, 2.05) is 67.7 Å². The van der Waals surface area contributed by atoms with E-state index in [4.69, 9.17) is 0 Å². The van der Waals surface area contributed by atoms with E-state index >= 15 is 0 Å². The summed E-state index contributed by atoms with van der Waals surface area (Å²) < 4.78 is 0. The molecular weight excluding hydrogens is 518 g/mol. The number of aryl methyl sites for hydroxylation is 1. The number of nitrogens with one attached hydrogen (secondary N) is 2. The normalized spacial score (nSPS) is 23.7. The number of benzene rings is 2. The first-order valence-electron chi connectivity index (χ1n) is 14.5. The van der Waals surface area contributed by atoms with Crippen molar-refractivity contribution in [3.05, 3.63) is 72.4 Å². The van der Waals surface area contributed by atoms with Gasteiger partial charge in [0.25, 0.3) is 0 Å². The number of aliphatic hydroxyl groups is 1. The number of aliphatic hydroxyl groups excluding tert-OH is 1. The van der Waals surface area contributed by atoms with Gasteiger partial charge in [-0.25, -0.2) is 0 Å². The molecule has 41 heavy (non-hydrogen) atoms. The van der Waals surface area contributed by atoms with Crippen LogP contribution in [0.4, 0.5) is 5.69 Å². The minimum Gasteiger partial charge on any atom is -0.383 e. The fraction of sp³-hybridized carbons (Fsp3) is 0.438. The molecule has 2 saturated heterocycles. The molecule has 3 aromatic rings. The fourth-order valence-corrected chi connectivity index (χ4v) is 5.91. The summed E-state index contributed by atoms with van der Waals surface area (Å²) in [7, 11) is 1.95. The molecule has 0 unspecified atom stereocenters. The topological polar surface area (TPSA) is 115 Å². The molecular formula is C32H39N5O4. The summed E-state index contributed by atoms with van der Waals surface area (Å²) in [5.74, 6) is -0.490. The predicted octanol–water partition coefficient (Wildman–Crippen LogP) is 2.98. The number of pyridine rings is 1. The molecule has 2 aromatic carbocycles. The maximum atomic E-state index is 13.9. The zero-order valence-electron chi connectivity index (χ0n) is 23.7. The molecule has 9 heteroatoms. The van der Waals surface area contributed by atoms with Crippen LogP contribution in [0.5, 0.6) is 0 Å². The van der Waals surface area contributed by atoms with Crippen LogP contribution >= 0.6 is 0 Å². The third-order valence-electron chi connectivity index (χ3n) is 8.36. The molecule has 216 valence electrons. The van der Waals surface area contributed by atoms with Gasteiger partial charge in [0.15, 0.2) is 0 Å². The van der Waals surface area contributed by atoms with Crippen molar-refractivity contribution >= 4 is 34.3 Å². The van der Waals surface area contributed by atoms with Gasteiger partial charge in [-0.3, -0.25) is 24.3 Å². The lowest BCUT2D eigenvalue weighted by molar-refractivity contribution is -0.142. The molecule has 0 bridgehead atoms. The van der Waals surface area contributed by atoms with Gasteiger partial charge in [-0.1, -0.05) is 55.5 Å². The van der Waals surface area contributed by atoms with Crippen molar-refractivity contribution in [3.8, 4) is 0 Å². The molecule has 9 nitrogen and oxygen atoms in total. The second kappa shape index (κ2) is 12.8. The Morgan fingerprint density at radius 1 is 1.05 bits per heavy atom. The highest BCUT2D eigenvalue weighted by Crippen LogP contribution is 2.28. The van der Waals surface area contributed by atoms with Crippen LogP contribution in [0.2, 0.25) is 0 Å².